The minimum atomic E-state index is -0.976. The predicted octanol–water partition coefficient (Wildman–Crippen LogP) is 3.67. The van der Waals surface area contributed by atoms with Crippen LogP contribution < -0.4 is 0 Å². The van der Waals surface area contributed by atoms with Gasteiger partial charge < -0.3 is 9.47 Å². The second-order valence-corrected chi connectivity index (χ2v) is 10.8. The summed E-state index contributed by atoms with van der Waals surface area (Å²) in [5.74, 6) is 0. The van der Waals surface area contributed by atoms with E-state index in [2.05, 4.69) is 26.2 Å². The maximum Gasteiger partial charge on any atom is 0.156 e. The van der Waals surface area contributed by atoms with Crippen molar-refractivity contribution in [3.05, 3.63) is 12.2 Å². The molecule has 0 aromatic heterocycles. The molecule has 0 amide bonds. The van der Waals surface area contributed by atoms with Crippen LogP contribution in [0.3, 0.4) is 0 Å². The molecule has 0 heterocycles. The molecule has 0 bridgehead atoms. The Morgan fingerprint density at radius 3 is 2.13 bits per heavy atom. The molecule has 0 radical (unpaired) electrons. The third-order valence-electron chi connectivity index (χ3n) is 2.28. The van der Waals surface area contributed by atoms with Gasteiger partial charge in [-0.1, -0.05) is 25.2 Å². The summed E-state index contributed by atoms with van der Waals surface area (Å²) < 4.78 is 10.3. The highest BCUT2D eigenvalue weighted by Gasteiger charge is 2.14. The number of hydrogen-bond acceptors (Lipinski definition) is 2. The lowest BCUT2D eigenvalue weighted by Crippen LogP contribution is -2.19. The Kier molecular flexibility index (Phi) is 7.14. The van der Waals surface area contributed by atoms with Gasteiger partial charge in [0.25, 0.3) is 0 Å². The molecular weight excluding hydrogens is 204 g/mol. The fourth-order valence-electron chi connectivity index (χ4n) is 1.69. The van der Waals surface area contributed by atoms with Crippen LogP contribution in [0.15, 0.2) is 12.2 Å². The highest BCUT2D eigenvalue weighted by Crippen LogP contribution is 2.19. The molecule has 2 nitrogen and oxygen atoms in total. The highest BCUT2D eigenvalue weighted by molar-refractivity contribution is 6.76. The molecule has 0 aromatic rings. The average molecular weight is 230 g/mol. The molecule has 0 saturated carbocycles. The van der Waals surface area contributed by atoms with Crippen LogP contribution in [-0.4, -0.2) is 28.6 Å². The molecular formula is C12H26O2Si. The maximum atomic E-state index is 5.14. The van der Waals surface area contributed by atoms with E-state index >= 15 is 0 Å². The van der Waals surface area contributed by atoms with Gasteiger partial charge in [0.1, 0.15) is 0 Å². The number of rotatable bonds is 8. The SMILES string of the molecule is C=C(CCCC(OC)OC)C[Si](C)(C)C. The summed E-state index contributed by atoms with van der Waals surface area (Å²) in [6, 6.07) is 1.23. The normalized spacial score (nSPS) is 12.1. The molecule has 0 aromatic carbocycles. The number of ether oxygens (including phenoxy) is 2. The van der Waals surface area contributed by atoms with E-state index in [1.165, 1.54) is 11.6 Å². The van der Waals surface area contributed by atoms with E-state index in [9.17, 15) is 0 Å². The number of methoxy groups -OCH3 is 2. The first-order chi connectivity index (χ1) is 6.89. The fourth-order valence-corrected chi connectivity index (χ4v) is 3.37. The van der Waals surface area contributed by atoms with E-state index < -0.39 is 8.07 Å². The Morgan fingerprint density at radius 1 is 1.20 bits per heavy atom. The van der Waals surface area contributed by atoms with Gasteiger partial charge in [0.2, 0.25) is 0 Å². The Balaban J connectivity index is 3.64. The molecule has 0 atom stereocenters. The number of allylic oxidation sites excluding steroid dienone is 1. The standard InChI is InChI=1S/C12H26O2Si/c1-11(10-15(4,5)6)8-7-9-12(13-2)14-3/h12H,1,7-10H2,2-6H3. The zero-order chi connectivity index (χ0) is 11.9. The molecule has 0 aliphatic rings. The van der Waals surface area contributed by atoms with E-state index in [1.54, 1.807) is 14.2 Å². The Hall–Kier alpha value is -0.123. The summed E-state index contributed by atoms with van der Waals surface area (Å²) in [4.78, 5) is 0. The first-order valence-electron chi connectivity index (χ1n) is 5.61. The van der Waals surface area contributed by atoms with Crippen molar-refractivity contribution < 1.29 is 9.47 Å². The zero-order valence-electron chi connectivity index (χ0n) is 10.9. The van der Waals surface area contributed by atoms with E-state index in [4.69, 9.17) is 9.47 Å². The van der Waals surface area contributed by atoms with Gasteiger partial charge in [0, 0.05) is 22.3 Å². The van der Waals surface area contributed by atoms with Gasteiger partial charge in [0.05, 0.1) is 0 Å². The van der Waals surface area contributed by atoms with Crippen LogP contribution in [0.4, 0.5) is 0 Å². The van der Waals surface area contributed by atoms with Gasteiger partial charge in [-0.2, -0.15) is 0 Å². The summed E-state index contributed by atoms with van der Waals surface area (Å²) in [5, 5.41) is 0. The molecule has 0 unspecified atom stereocenters. The van der Waals surface area contributed by atoms with E-state index in [-0.39, 0.29) is 6.29 Å². The molecule has 0 aliphatic heterocycles. The van der Waals surface area contributed by atoms with Gasteiger partial charge >= 0.3 is 0 Å². The lowest BCUT2D eigenvalue weighted by Gasteiger charge is -2.18. The van der Waals surface area contributed by atoms with Crippen molar-refractivity contribution in [2.75, 3.05) is 14.2 Å². The lowest BCUT2D eigenvalue weighted by atomic mass is 10.1. The number of hydrogen-bond donors (Lipinski definition) is 0. The molecule has 0 aliphatic carbocycles. The van der Waals surface area contributed by atoms with Crippen molar-refractivity contribution in [2.24, 2.45) is 0 Å². The van der Waals surface area contributed by atoms with Crippen LogP contribution in [0.5, 0.6) is 0 Å². The fraction of sp³-hybridized carbons (Fsp3) is 0.833. The molecule has 0 N–H and O–H groups in total. The van der Waals surface area contributed by atoms with Crippen LogP contribution in [0, 0.1) is 0 Å². The molecule has 0 rings (SSSR count). The molecule has 3 heteroatoms. The Labute approximate surface area is 95.7 Å². The predicted molar refractivity (Wildman–Crippen MR) is 69.0 cm³/mol. The van der Waals surface area contributed by atoms with Crippen molar-refractivity contribution >= 4 is 8.07 Å². The largest absolute Gasteiger partial charge is 0.356 e. The van der Waals surface area contributed by atoms with Crippen molar-refractivity contribution in [1.82, 2.24) is 0 Å². The first kappa shape index (κ1) is 14.9. The zero-order valence-corrected chi connectivity index (χ0v) is 11.9. The van der Waals surface area contributed by atoms with Crippen molar-refractivity contribution in [1.29, 1.82) is 0 Å². The van der Waals surface area contributed by atoms with Crippen molar-refractivity contribution in [3.63, 3.8) is 0 Å². The molecule has 0 saturated heterocycles. The van der Waals surface area contributed by atoms with E-state index in [0.29, 0.717) is 0 Å². The summed E-state index contributed by atoms with van der Waals surface area (Å²) in [5.41, 5.74) is 1.39. The van der Waals surface area contributed by atoms with Crippen LogP contribution in [0.1, 0.15) is 19.3 Å². The van der Waals surface area contributed by atoms with Crippen molar-refractivity contribution in [3.8, 4) is 0 Å². The summed E-state index contributed by atoms with van der Waals surface area (Å²) >= 11 is 0. The van der Waals surface area contributed by atoms with Crippen LogP contribution in [0.25, 0.3) is 0 Å². The van der Waals surface area contributed by atoms with Gasteiger partial charge in [0.15, 0.2) is 6.29 Å². The van der Waals surface area contributed by atoms with Gasteiger partial charge in [-0.3, -0.25) is 0 Å². The van der Waals surface area contributed by atoms with Crippen LogP contribution in [0.2, 0.25) is 25.7 Å². The van der Waals surface area contributed by atoms with Gasteiger partial charge in [-0.25, -0.2) is 0 Å². The van der Waals surface area contributed by atoms with Gasteiger partial charge in [-0.05, 0) is 25.3 Å². The van der Waals surface area contributed by atoms with E-state index in [1.807, 2.05) is 0 Å². The van der Waals surface area contributed by atoms with Gasteiger partial charge in [-0.15, -0.1) is 6.58 Å². The molecule has 0 spiro atoms. The van der Waals surface area contributed by atoms with E-state index in [0.717, 1.165) is 19.3 Å². The second-order valence-electron chi connectivity index (χ2n) is 5.28. The van der Waals surface area contributed by atoms with Crippen LogP contribution >= 0.6 is 0 Å². The van der Waals surface area contributed by atoms with Crippen molar-refractivity contribution in [2.45, 2.75) is 51.2 Å². The Morgan fingerprint density at radius 2 is 1.73 bits per heavy atom. The molecule has 90 valence electrons. The molecule has 0 fully saturated rings. The maximum absolute atomic E-state index is 5.14. The topological polar surface area (TPSA) is 18.5 Å². The lowest BCUT2D eigenvalue weighted by molar-refractivity contribution is -0.106. The molecule has 15 heavy (non-hydrogen) atoms. The minimum Gasteiger partial charge on any atom is -0.356 e. The summed E-state index contributed by atoms with van der Waals surface area (Å²) in [7, 11) is 2.40. The Bertz CT molecular complexity index is 181. The minimum absolute atomic E-state index is 0.0512. The third kappa shape index (κ3) is 8.84. The quantitative estimate of drug-likeness (QED) is 0.360. The highest BCUT2D eigenvalue weighted by atomic mass is 28.3. The first-order valence-corrected chi connectivity index (χ1v) is 9.32. The average Bonchev–Trinajstić information content (AvgIpc) is 2.09. The smallest absolute Gasteiger partial charge is 0.156 e. The monoisotopic (exact) mass is 230 g/mol. The van der Waals surface area contributed by atoms with Crippen LogP contribution in [-0.2, 0) is 9.47 Å². The summed E-state index contributed by atoms with van der Waals surface area (Å²) in [6.07, 6.45) is 3.12. The summed E-state index contributed by atoms with van der Waals surface area (Å²) in [6.45, 7) is 11.3. The second kappa shape index (κ2) is 7.20. The third-order valence-corrected chi connectivity index (χ3v) is 3.84.